The molecule has 0 bridgehead atoms. The van der Waals surface area contributed by atoms with Crippen molar-refractivity contribution in [3.05, 3.63) is 34.3 Å². The molecule has 0 N–H and O–H groups in total. The van der Waals surface area contributed by atoms with Crippen LogP contribution in [0.1, 0.15) is 75.1 Å². The largest absolute Gasteiger partial charge is 0.464 e. The molecule has 0 aromatic heterocycles. The lowest BCUT2D eigenvalue weighted by Gasteiger charge is -2.16. The fraction of sp³-hybridized carbons (Fsp3) is 0.619. The SMILES string of the molecule is CCCCCCCCCCCOC(=O)CN(C)C(=O)c1ccc(Br)cc1. The number of amides is 1. The van der Waals surface area contributed by atoms with Crippen LogP contribution in [0.15, 0.2) is 28.7 Å². The number of benzene rings is 1. The molecule has 0 saturated heterocycles. The molecule has 0 fully saturated rings. The summed E-state index contributed by atoms with van der Waals surface area (Å²) in [4.78, 5) is 25.5. The van der Waals surface area contributed by atoms with Crippen molar-refractivity contribution in [2.75, 3.05) is 20.2 Å². The van der Waals surface area contributed by atoms with Crippen LogP contribution in [0.4, 0.5) is 0 Å². The lowest BCUT2D eigenvalue weighted by Crippen LogP contribution is -2.33. The van der Waals surface area contributed by atoms with Gasteiger partial charge in [-0.05, 0) is 30.7 Å². The highest BCUT2D eigenvalue weighted by Gasteiger charge is 2.15. The summed E-state index contributed by atoms with van der Waals surface area (Å²) in [6.07, 6.45) is 11.1. The van der Waals surface area contributed by atoms with Gasteiger partial charge in [-0.15, -0.1) is 0 Å². The average molecular weight is 426 g/mol. The molecule has 0 aliphatic heterocycles. The minimum absolute atomic E-state index is 0.0215. The minimum atomic E-state index is -0.350. The van der Waals surface area contributed by atoms with E-state index in [4.69, 9.17) is 4.74 Å². The van der Waals surface area contributed by atoms with E-state index in [1.54, 1.807) is 19.2 Å². The van der Waals surface area contributed by atoms with Crippen molar-refractivity contribution < 1.29 is 14.3 Å². The lowest BCUT2D eigenvalue weighted by atomic mass is 10.1. The Balaban J connectivity index is 2.09. The van der Waals surface area contributed by atoms with Crippen molar-refractivity contribution in [3.63, 3.8) is 0 Å². The Kier molecular flexibility index (Phi) is 12.0. The summed E-state index contributed by atoms with van der Waals surface area (Å²) in [5, 5.41) is 0. The van der Waals surface area contributed by atoms with E-state index < -0.39 is 0 Å². The van der Waals surface area contributed by atoms with Crippen LogP contribution in [0.5, 0.6) is 0 Å². The number of carbonyl (C=O) groups is 2. The molecule has 0 saturated carbocycles. The van der Waals surface area contributed by atoms with Gasteiger partial charge in [-0.25, -0.2) is 0 Å². The first-order valence-corrected chi connectivity index (χ1v) is 10.5. The van der Waals surface area contributed by atoms with Gasteiger partial charge in [-0.2, -0.15) is 0 Å². The summed E-state index contributed by atoms with van der Waals surface area (Å²) in [6.45, 7) is 2.65. The molecule has 1 aromatic carbocycles. The molecule has 0 atom stereocenters. The van der Waals surface area contributed by atoms with E-state index in [0.29, 0.717) is 12.2 Å². The Hall–Kier alpha value is -1.36. The van der Waals surface area contributed by atoms with Gasteiger partial charge in [0.2, 0.25) is 0 Å². The Bertz CT molecular complexity index is 531. The van der Waals surface area contributed by atoms with Gasteiger partial charge in [0.25, 0.3) is 5.91 Å². The van der Waals surface area contributed by atoms with Gasteiger partial charge in [0.15, 0.2) is 0 Å². The number of halogens is 1. The molecular formula is C21H32BrNO3. The van der Waals surface area contributed by atoms with E-state index >= 15 is 0 Å². The van der Waals surface area contributed by atoms with Crippen molar-refractivity contribution >= 4 is 27.8 Å². The van der Waals surface area contributed by atoms with Crippen LogP contribution in [-0.4, -0.2) is 37.0 Å². The summed E-state index contributed by atoms with van der Waals surface area (Å²) in [6, 6.07) is 7.08. The predicted octanol–water partition coefficient (Wildman–Crippen LogP) is 5.60. The number of esters is 1. The Labute approximate surface area is 166 Å². The lowest BCUT2D eigenvalue weighted by molar-refractivity contribution is -0.144. The number of hydrogen-bond donors (Lipinski definition) is 0. The summed E-state index contributed by atoms with van der Waals surface area (Å²) < 4.78 is 6.15. The number of likely N-dealkylation sites (N-methyl/N-ethyl adjacent to an activating group) is 1. The summed E-state index contributed by atoms with van der Waals surface area (Å²) >= 11 is 3.34. The number of rotatable bonds is 13. The quantitative estimate of drug-likeness (QED) is 0.305. The maximum Gasteiger partial charge on any atom is 0.325 e. The number of nitrogens with zero attached hydrogens (tertiary/aromatic N) is 1. The smallest absolute Gasteiger partial charge is 0.325 e. The van der Waals surface area contributed by atoms with E-state index in [2.05, 4.69) is 22.9 Å². The number of hydrogen-bond acceptors (Lipinski definition) is 3. The third kappa shape index (κ3) is 9.95. The molecule has 5 heteroatoms. The normalized spacial score (nSPS) is 10.6. The maximum absolute atomic E-state index is 12.2. The Morgan fingerprint density at radius 3 is 2.04 bits per heavy atom. The van der Waals surface area contributed by atoms with Crippen molar-refractivity contribution in [2.24, 2.45) is 0 Å². The zero-order valence-electron chi connectivity index (χ0n) is 16.1. The highest BCUT2D eigenvalue weighted by atomic mass is 79.9. The highest BCUT2D eigenvalue weighted by Crippen LogP contribution is 2.12. The van der Waals surface area contributed by atoms with Crippen LogP contribution < -0.4 is 0 Å². The van der Waals surface area contributed by atoms with Crippen molar-refractivity contribution in [2.45, 2.75) is 64.7 Å². The molecule has 1 aromatic rings. The molecule has 0 radical (unpaired) electrons. The van der Waals surface area contributed by atoms with Gasteiger partial charge in [0.05, 0.1) is 6.61 Å². The van der Waals surface area contributed by atoms with Crippen LogP contribution >= 0.6 is 15.9 Å². The minimum Gasteiger partial charge on any atom is -0.464 e. The van der Waals surface area contributed by atoms with Gasteiger partial charge in [0, 0.05) is 17.1 Å². The van der Waals surface area contributed by atoms with E-state index in [1.807, 2.05) is 12.1 Å². The molecule has 0 spiro atoms. The van der Waals surface area contributed by atoms with Gasteiger partial charge >= 0.3 is 5.97 Å². The van der Waals surface area contributed by atoms with Crippen LogP contribution in [0.2, 0.25) is 0 Å². The number of carbonyl (C=O) groups excluding carboxylic acids is 2. The van der Waals surface area contributed by atoms with E-state index in [1.165, 1.54) is 49.8 Å². The monoisotopic (exact) mass is 425 g/mol. The Morgan fingerprint density at radius 2 is 1.46 bits per heavy atom. The number of ether oxygens (including phenoxy) is 1. The van der Waals surface area contributed by atoms with Gasteiger partial charge < -0.3 is 9.64 Å². The van der Waals surface area contributed by atoms with Crippen LogP contribution in [0, 0.1) is 0 Å². The van der Waals surface area contributed by atoms with Crippen LogP contribution in [0.3, 0.4) is 0 Å². The average Bonchev–Trinajstić information content (AvgIpc) is 2.63. The maximum atomic E-state index is 12.2. The van der Waals surface area contributed by atoms with Crippen LogP contribution in [-0.2, 0) is 9.53 Å². The first-order chi connectivity index (χ1) is 12.5. The first-order valence-electron chi connectivity index (χ1n) is 9.71. The van der Waals surface area contributed by atoms with Gasteiger partial charge in [-0.3, -0.25) is 9.59 Å². The second-order valence-corrected chi connectivity index (χ2v) is 7.63. The zero-order chi connectivity index (χ0) is 19.2. The van der Waals surface area contributed by atoms with E-state index in [-0.39, 0.29) is 18.4 Å². The van der Waals surface area contributed by atoms with Crippen molar-refractivity contribution in [3.8, 4) is 0 Å². The molecule has 1 amide bonds. The molecule has 0 aliphatic carbocycles. The second-order valence-electron chi connectivity index (χ2n) is 6.72. The predicted molar refractivity (Wildman–Crippen MR) is 109 cm³/mol. The Morgan fingerprint density at radius 1 is 0.923 bits per heavy atom. The second kappa shape index (κ2) is 13.8. The van der Waals surface area contributed by atoms with Crippen molar-refractivity contribution in [1.29, 1.82) is 0 Å². The summed E-state index contributed by atoms with van der Waals surface area (Å²) in [7, 11) is 1.62. The molecule has 26 heavy (non-hydrogen) atoms. The highest BCUT2D eigenvalue weighted by molar-refractivity contribution is 9.10. The third-order valence-corrected chi connectivity index (χ3v) is 4.84. The molecular weight excluding hydrogens is 394 g/mol. The topological polar surface area (TPSA) is 46.6 Å². The fourth-order valence-corrected chi connectivity index (χ4v) is 2.99. The molecule has 4 nitrogen and oxygen atoms in total. The van der Waals surface area contributed by atoms with Gasteiger partial charge in [-0.1, -0.05) is 74.2 Å². The van der Waals surface area contributed by atoms with Crippen molar-refractivity contribution in [1.82, 2.24) is 4.90 Å². The molecule has 0 aliphatic rings. The molecule has 146 valence electrons. The van der Waals surface area contributed by atoms with E-state index in [0.717, 1.165) is 17.3 Å². The zero-order valence-corrected chi connectivity index (χ0v) is 17.7. The molecule has 0 heterocycles. The molecule has 0 unspecified atom stereocenters. The fourth-order valence-electron chi connectivity index (χ4n) is 2.72. The summed E-state index contributed by atoms with van der Waals surface area (Å²) in [5.74, 6) is -0.532. The van der Waals surface area contributed by atoms with Crippen LogP contribution in [0.25, 0.3) is 0 Å². The summed E-state index contributed by atoms with van der Waals surface area (Å²) in [5.41, 5.74) is 0.558. The third-order valence-electron chi connectivity index (χ3n) is 4.32. The standard InChI is InChI=1S/C21H32BrNO3/c1-3-4-5-6-7-8-9-10-11-16-26-20(24)17-23(2)21(25)18-12-14-19(22)15-13-18/h12-15H,3-11,16-17H2,1-2H3. The number of unbranched alkanes of at least 4 members (excludes halogenated alkanes) is 8. The van der Waals surface area contributed by atoms with Gasteiger partial charge in [0.1, 0.15) is 6.54 Å². The van der Waals surface area contributed by atoms with E-state index in [9.17, 15) is 9.59 Å². The molecule has 1 rings (SSSR count). The first kappa shape index (κ1) is 22.7.